The van der Waals surface area contributed by atoms with Crippen molar-refractivity contribution in [3.63, 3.8) is 0 Å². The average Bonchev–Trinajstić information content (AvgIpc) is 2.27. The van der Waals surface area contributed by atoms with E-state index in [1.165, 1.54) is 39.8 Å². The Labute approximate surface area is 124 Å². The van der Waals surface area contributed by atoms with Crippen molar-refractivity contribution in [2.24, 2.45) is 5.41 Å². The molecule has 0 bridgehead atoms. The molecule has 2 N–H and O–H groups in total. The van der Waals surface area contributed by atoms with Gasteiger partial charge in [-0.2, -0.15) is 0 Å². The van der Waals surface area contributed by atoms with Crippen LogP contribution in [0.4, 0.5) is 0 Å². The fraction of sp³-hybridized carbons (Fsp3) is 0.462. The fourth-order valence-corrected chi connectivity index (χ4v) is 3.51. The number of halogens is 1. The minimum atomic E-state index is -3.91. The first-order chi connectivity index (χ1) is 8.92. The van der Waals surface area contributed by atoms with Gasteiger partial charge < -0.3 is 5.11 Å². The predicted molar refractivity (Wildman–Crippen MR) is 77.3 cm³/mol. The first-order valence-electron chi connectivity index (χ1n) is 5.94. The molecule has 112 valence electrons. The Balaban J connectivity index is 3.21. The molecule has 0 saturated heterocycles. The van der Waals surface area contributed by atoms with Crippen LogP contribution in [0, 0.1) is 5.41 Å². The molecule has 0 amide bonds. The van der Waals surface area contributed by atoms with E-state index >= 15 is 0 Å². The zero-order valence-corrected chi connectivity index (χ0v) is 13.3. The third-order valence-corrected chi connectivity index (χ3v) is 5.77. The molecular weight excluding hydrogens is 302 g/mol. The number of carboxylic acids is 1. The van der Waals surface area contributed by atoms with E-state index in [0.717, 1.165) is 0 Å². The molecule has 0 aliphatic heterocycles. The number of benzene rings is 1. The summed E-state index contributed by atoms with van der Waals surface area (Å²) in [4.78, 5) is 11.2. The van der Waals surface area contributed by atoms with Gasteiger partial charge in [0.1, 0.15) is 4.90 Å². The summed E-state index contributed by atoms with van der Waals surface area (Å²) in [6.45, 7) is 5.97. The first-order valence-corrected chi connectivity index (χ1v) is 7.80. The van der Waals surface area contributed by atoms with Crippen LogP contribution >= 0.6 is 11.6 Å². The van der Waals surface area contributed by atoms with Crippen LogP contribution in [-0.2, 0) is 14.8 Å². The van der Waals surface area contributed by atoms with E-state index in [2.05, 4.69) is 4.72 Å². The van der Waals surface area contributed by atoms with Gasteiger partial charge in [-0.3, -0.25) is 4.79 Å². The topological polar surface area (TPSA) is 83.5 Å². The highest BCUT2D eigenvalue weighted by atomic mass is 35.5. The van der Waals surface area contributed by atoms with Crippen LogP contribution in [-0.4, -0.2) is 25.0 Å². The van der Waals surface area contributed by atoms with Crippen LogP contribution in [0.15, 0.2) is 29.2 Å². The monoisotopic (exact) mass is 319 g/mol. The van der Waals surface area contributed by atoms with Gasteiger partial charge in [0.15, 0.2) is 0 Å². The molecule has 0 heterocycles. The molecule has 7 heteroatoms. The number of carboxylic acid groups (broad SMARTS) is 1. The maximum absolute atomic E-state index is 12.3. The summed E-state index contributed by atoms with van der Waals surface area (Å²) < 4.78 is 27.1. The van der Waals surface area contributed by atoms with Gasteiger partial charge in [0.25, 0.3) is 0 Å². The molecule has 0 spiro atoms. The van der Waals surface area contributed by atoms with Crippen molar-refractivity contribution in [1.29, 1.82) is 0 Å². The molecule has 0 fully saturated rings. The molecular formula is C13H18ClNO4S. The number of sulfonamides is 1. The normalized spacial score (nSPS) is 13.2. The van der Waals surface area contributed by atoms with E-state index in [-0.39, 0.29) is 9.92 Å². The van der Waals surface area contributed by atoms with Crippen LogP contribution in [0.2, 0.25) is 5.02 Å². The summed E-state index contributed by atoms with van der Waals surface area (Å²) in [6, 6.07) is 6.00. The number of rotatable bonds is 5. The quantitative estimate of drug-likeness (QED) is 0.873. The Bertz CT molecular complexity index is 623. The predicted octanol–water partition coefficient (Wildman–Crippen LogP) is 2.51. The van der Waals surface area contributed by atoms with Gasteiger partial charge in [0.05, 0.1) is 10.4 Å². The molecule has 0 aliphatic carbocycles. The third kappa shape index (κ3) is 3.13. The lowest BCUT2D eigenvalue weighted by Gasteiger charge is -2.38. The number of carbonyl (C=O) groups is 1. The second-order valence-electron chi connectivity index (χ2n) is 5.59. The standard InChI is InChI=1S/C13H18ClNO4S/c1-12(2,11(16)17)13(3,4)15-20(18,19)10-8-6-5-7-9(10)14/h5-8,15H,1-4H3,(H,16,17). The van der Waals surface area contributed by atoms with Crippen molar-refractivity contribution >= 4 is 27.6 Å². The summed E-state index contributed by atoms with van der Waals surface area (Å²) in [5.74, 6) is -1.09. The van der Waals surface area contributed by atoms with Crippen molar-refractivity contribution in [2.75, 3.05) is 0 Å². The van der Waals surface area contributed by atoms with Gasteiger partial charge in [-0.1, -0.05) is 23.7 Å². The summed E-state index contributed by atoms with van der Waals surface area (Å²) in [5.41, 5.74) is -2.49. The second kappa shape index (κ2) is 5.35. The summed E-state index contributed by atoms with van der Waals surface area (Å²) >= 11 is 5.88. The zero-order valence-electron chi connectivity index (χ0n) is 11.8. The minimum Gasteiger partial charge on any atom is -0.481 e. The van der Waals surface area contributed by atoms with Crippen LogP contribution < -0.4 is 4.72 Å². The Kier molecular flexibility index (Phi) is 4.53. The van der Waals surface area contributed by atoms with E-state index in [1.807, 2.05) is 0 Å². The molecule has 1 aromatic rings. The van der Waals surface area contributed by atoms with E-state index in [1.54, 1.807) is 12.1 Å². The Hall–Kier alpha value is -1.11. The van der Waals surface area contributed by atoms with Gasteiger partial charge in [-0.05, 0) is 39.8 Å². The fourth-order valence-electron chi connectivity index (χ4n) is 1.45. The van der Waals surface area contributed by atoms with E-state index in [0.29, 0.717) is 0 Å². The van der Waals surface area contributed by atoms with Gasteiger partial charge >= 0.3 is 5.97 Å². The van der Waals surface area contributed by atoms with Crippen molar-refractivity contribution in [1.82, 2.24) is 4.72 Å². The highest BCUT2D eigenvalue weighted by Crippen LogP contribution is 2.33. The third-order valence-electron chi connectivity index (χ3n) is 3.61. The highest BCUT2D eigenvalue weighted by Gasteiger charge is 2.46. The van der Waals surface area contributed by atoms with Crippen LogP contribution in [0.1, 0.15) is 27.7 Å². The Morgan fingerprint density at radius 1 is 1.20 bits per heavy atom. The summed E-state index contributed by atoms with van der Waals surface area (Å²) in [6.07, 6.45) is 0. The molecule has 1 rings (SSSR count). The van der Waals surface area contributed by atoms with Gasteiger partial charge in [0, 0.05) is 5.54 Å². The van der Waals surface area contributed by atoms with Gasteiger partial charge in [-0.15, -0.1) is 0 Å². The largest absolute Gasteiger partial charge is 0.481 e. The van der Waals surface area contributed by atoms with Crippen molar-refractivity contribution in [3.05, 3.63) is 29.3 Å². The van der Waals surface area contributed by atoms with Crippen molar-refractivity contribution in [3.8, 4) is 0 Å². The maximum atomic E-state index is 12.3. The van der Waals surface area contributed by atoms with E-state index in [9.17, 15) is 18.3 Å². The maximum Gasteiger partial charge on any atom is 0.310 e. The lowest BCUT2D eigenvalue weighted by molar-refractivity contribution is -0.150. The lowest BCUT2D eigenvalue weighted by Crippen LogP contribution is -2.56. The Morgan fingerprint density at radius 2 is 1.70 bits per heavy atom. The van der Waals surface area contributed by atoms with Crippen LogP contribution in [0.25, 0.3) is 0 Å². The smallest absolute Gasteiger partial charge is 0.310 e. The lowest BCUT2D eigenvalue weighted by atomic mass is 9.75. The molecule has 5 nitrogen and oxygen atoms in total. The molecule has 0 saturated carbocycles. The molecule has 0 aliphatic rings. The zero-order chi connectivity index (χ0) is 15.8. The van der Waals surface area contributed by atoms with Crippen molar-refractivity contribution in [2.45, 2.75) is 38.1 Å². The molecule has 1 aromatic carbocycles. The van der Waals surface area contributed by atoms with Crippen LogP contribution in [0.5, 0.6) is 0 Å². The molecule has 0 unspecified atom stereocenters. The average molecular weight is 320 g/mol. The highest BCUT2D eigenvalue weighted by molar-refractivity contribution is 7.89. The molecule has 0 atom stereocenters. The molecule has 20 heavy (non-hydrogen) atoms. The number of nitrogens with one attached hydrogen (secondary N) is 1. The number of aliphatic carboxylic acids is 1. The molecule has 0 aromatic heterocycles. The van der Waals surface area contributed by atoms with Gasteiger partial charge in [-0.25, -0.2) is 13.1 Å². The minimum absolute atomic E-state index is 0.0732. The summed E-state index contributed by atoms with van der Waals surface area (Å²) in [7, 11) is -3.91. The summed E-state index contributed by atoms with van der Waals surface area (Å²) in [5, 5.41) is 9.32. The van der Waals surface area contributed by atoms with E-state index < -0.39 is 26.9 Å². The number of hydrogen-bond acceptors (Lipinski definition) is 3. The van der Waals surface area contributed by atoms with E-state index in [4.69, 9.17) is 11.6 Å². The second-order valence-corrected chi connectivity index (χ2v) is 7.65. The van der Waals surface area contributed by atoms with Crippen molar-refractivity contribution < 1.29 is 18.3 Å². The Morgan fingerprint density at radius 3 is 2.15 bits per heavy atom. The first kappa shape index (κ1) is 16.9. The number of hydrogen-bond donors (Lipinski definition) is 2. The molecule has 0 radical (unpaired) electrons. The van der Waals surface area contributed by atoms with Gasteiger partial charge in [0.2, 0.25) is 10.0 Å². The SMILES string of the molecule is CC(C)(NS(=O)(=O)c1ccccc1Cl)C(C)(C)C(=O)O. The van der Waals surface area contributed by atoms with Crippen LogP contribution in [0.3, 0.4) is 0 Å².